The van der Waals surface area contributed by atoms with Gasteiger partial charge in [-0.2, -0.15) is 0 Å². The number of rotatable bonds is 4. The highest BCUT2D eigenvalue weighted by Crippen LogP contribution is 2.19. The van der Waals surface area contributed by atoms with E-state index in [2.05, 4.69) is 0 Å². The van der Waals surface area contributed by atoms with Gasteiger partial charge in [-0.25, -0.2) is 5.06 Å². The summed E-state index contributed by atoms with van der Waals surface area (Å²) in [4.78, 5) is 16.6. The molecule has 0 aliphatic heterocycles. The first kappa shape index (κ1) is 11.5. The molecular weight excluding hydrogens is 194 g/mol. The highest BCUT2D eigenvalue weighted by Gasteiger charge is 2.15. The molecule has 0 radical (unpaired) electrons. The number of para-hydroxylation sites is 1. The van der Waals surface area contributed by atoms with Gasteiger partial charge < -0.3 is 4.74 Å². The van der Waals surface area contributed by atoms with Crippen LogP contribution in [0.15, 0.2) is 24.3 Å². The quantitative estimate of drug-likeness (QED) is 0.709. The van der Waals surface area contributed by atoms with Crippen molar-refractivity contribution in [1.29, 1.82) is 0 Å². The number of carbonyl (C=O) groups excluding carboxylic acids is 1. The molecule has 4 nitrogen and oxygen atoms in total. The zero-order chi connectivity index (χ0) is 11.3. The lowest BCUT2D eigenvalue weighted by Gasteiger charge is -2.15. The number of hydroxylamine groups is 2. The molecule has 4 heteroatoms. The van der Waals surface area contributed by atoms with Crippen LogP contribution in [0.4, 0.5) is 0 Å². The Kier molecular flexibility index (Phi) is 4.12. The maximum Gasteiger partial charge on any atom is 0.280 e. The van der Waals surface area contributed by atoms with Gasteiger partial charge in [0.1, 0.15) is 5.75 Å². The minimum absolute atomic E-state index is 0.221. The second-order valence-corrected chi connectivity index (χ2v) is 2.91. The lowest BCUT2D eigenvalue weighted by atomic mass is 10.2. The van der Waals surface area contributed by atoms with Crippen LogP contribution in [0.2, 0.25) is 0 Å². The van der Waals surface area contributed by atoms with Crippen molar-refractivity contribution in [3.63, 3.8) is 0 Å². The monoisotopic (exact) mass is 209 g/mol. The van der Waals surface area contributed by atoms with Crippen LogP contribution < -0.4 is 4.74 Å². The van der Waals surface area contributed by atoms with Gasteiger partial charge in [-0.3, -0.25) is 9.63 Å². The van der Waals surface area contributed by atoms with E-state index in [9.17, 15) is 4.79 Å². The average molecular weight is 209 g/mol. The molecule has 0 aromatic heterocycles. The van der Waals surface area contributed by atoms with Crippen LogP contribution in [0.1, 0.15) is 17.3 Å². The first-order valence-electron chi connectivity index (χ1n) is 4.74. The Morgan fingerprint density at radius 1 is 1.40 bits per heavy atom. The summed E-state index contributed by atoms with van der Waals surface area (Å²) in [6.45, 7) is 2.41. The molecule has 1 aromatic rings. The van der Waals surface area contributed by atoms with E-state index < -0.39 is 0 Å². The van der Waals surface area contributed by atoms with Crippen LogP contribution >= 0.6 is 0 Å². The van der Waals surface area contributed by atoms with Crippen molar-refractivity contribution in [1.82, 2.24) is 5.06 Å². The van der Waals surface area contributed by atoms with Gasteiger partial charge in [0.15, 0.2) is 0 Å². The van der Waals surface area contributed by atoms with E-state index in [1.807, 2.05) is 13.0 Å². The normalized spacial score (nSPS) is 9.80. The topological polar surface area (TPSA) is 38.8 Å². The van der Waals surface area contributed by atoms with Crippen molar-refractivity contribution in [3.8, 4) is 5.75 Å². The lowest BCUT2D eigenvalue weighted by Crippen LogP contribution is -2.25. The van der Waals surface area contributed by atoms with E-state index in [1.54, 1.807) is 25.2 Å². The van der Waals surface area contributed by atoms with Gasteiger partial charge in [0, 0.05) is 7.05 Å². The van der Waals surface area contributed by atoms with Gasteiger partial charge in [-0.15, -0.1) is 0 Å². The van der Waals surface area contributed by atoms with E-state index >= 15 is 0 Å². The number of carbonyl (C=O) groups is 1. The van der Waals surface area contributed by atoms with Crippen molar-refractivity contribution in [2.75, 3.05) is 20.8 Å². The van der Waals surface area contributed by atoms with Gasteiger partial charge in [0.2, 0.25) is 0 Å². The minimum atomic E-state index is -0.221. The summed E-state index contributed by atoms with van der Waals surface area (Å²) in [5.74, 6) is 0.357. The Morgan fingerprint density at radius 2 is 2.07 bits per heavy atom. The lowest BCUT2D eigenvalue weighted by molar-refractivity contribution is -0.0758. The van der Waals surface area contributed by atoms with Gasteiger partial charge in [0.25, 0.3) is 5.91 Å². The number of benzene rings is 1. The molecule has 0 bridgehead atoms. The molecular formula is C11H15NO3. The van der Waals surface area contributed by atoms with Gasteiger partial charge in [-0.1, -0.05) is 12.1 Å². The summed E-state index contributed by atoms with van der Waals surface area (Å²) in [5, 5.41) is 1.16. The molecule has 0 spiro atoms. The second kappa shape index (κ2) is 5.36. The molecule has 1 rings (SSSR count). The molecule has 0 unspecified atom stereocenters. The molecule has 0 saturated carbocycles. The van der Waals surface area contributed by atoms with Gasteiger partial charge in [0.05, 0.1) is 19.3 Å². The number of hydrogen-bond donors (Lipinski definition) is 0. The van der Waals surface area contributed by atoms with Crippen LogP contribution in [0.5, 0.6) is 5.75 Å². The third-order valence-electron chi connectivity index (χ3n) is 1.98. The maximum atomic E-state index is 11.8. The molecule has 0 fully saturated rings. The summed E-state index contributed by atoms with van der Waals surface area (Å²) in [6.07, 6.45) is 0. The number of hydrogen-bond acceptors (Lipinski definition) is 3. The number of ether oxygens (including phenoxy) is 1. The Balaban J connectivity index is 2.96. The molecule has 0 saturated heterocycles. The van der Waals surface area contributed by atoms with Crippen molar-refractivity contribution >= 4 is 5.91 Å². The molecule has 82 valence electrons. The van der Waals surface area contributed by atoms with Crippen LogP contribution in [0.3, 0.4) is 0 Å². The molecule has 15 heavy (non-hydrogen) atoms. The standard InChI is InChI=1S/C11H15NO3/c1-4-15-10-8-6-5-7-9(10)11(13)12(2)14-3/h5-8H,4H2,1-3H3. The van der Waals surface area contributed by atoms with Crippen molar-refractivity contribution < 1.29 is 14.4 Å². The average Bonchev–Trinajstić information content (AvgIpc) is 2.28. The second-order valence-electron chi connectivity index (χ2n) is 2.91. The summed E-state index contributed by atoms with van der Waals surface area (Å²) >= 11 is 0. The van der Waals surface area contributed by atoms with Gasteiger partial charge in [-0.05, 0) is 19.1 Å². The minimum Gasteiger partial charge on any atom is -0.493 e. The SMILES string of the molecule is CCOc1ccccc1C(=O)N(C)OC. The molecule has 0 N–H and O–H groups in total. The molecule has 0 atom stereocenters. The van der Waals surface area contributed by atoms with Crippen LogP contribution in [-0.2, 0) is 4.84 Å². The van der Waals surface area contributed by atoms with Gasteiger partial charge >= 0.3 is 0 Å². The first-order valence-corrected chi connectivity index (χ1v) is 4.74. The van der Waals surface area contributed by atoms with Crippen LogP contribution in [0.25, 0.3) is 0 Å². The highest BCUT2D eigenvalue weighted by molar-refractivity contribution is 5.96. The predicted octanol–water partition coefficient (Wildman–Crippen LogP) is 1.72. The third kappa shape index (κ3) is 2.70. The first-order chi connectivity index (χ1) is 7.20. The summed E-state index contributed by atoms with van der Waals surface area (Å²) in [7, 11) is 3.01. The van der Waals surface area contributed by atoms with Crippen LogP contribution in [-0.4, -0.2) is 31.7 Å². The molecule has 0 aliphatic rings. The largest absolute Gasteiger partial charge is 0.493 e. The van der Waals surface area contributed by atoms with Crippen LogP contribution in [0, 0.1) is 0 Å². The van der Waals surface area contributed by atoms with E-state index in [1.165, 1.54) is 7.11 Å². The third-order valence-corrected chi connectivity index (χ3v) is 1.98. The summed E-state index contributed by atoms with van der Waals surface area (Å²) in [5.41, 5.74) is 0.503. The van der Waals surface area contributed by atoms with E-state index in [0.717, 1.165) is 5.06 Å². The van der Waals surface area contributed by atoms with E-state index in [4.69, 9.17) is 9.57 Å². The Labute approximate surface area is 89.4 Å². The predicted molar refractivity (Wildman–Crippen MR) is 56.7 cm³/mol. The Morgan fingerprint density at radius 3 is 2.67 bits per heavy atom. The zero-order valence-corrected chi connectivity index (χ0v) is 9.19. The smallest absolute Gasteiger partial charge is 0.280 e. The number of nitrogens with zero attached hydrogens (tertiary/aromatic N) is 1. The zero-order valence-electron chi connectivity index (χ0n) is 9.19. The Hall–Kier alpha value is -1.55. The highest BCUT2D eigenvalue weighted by atomic mass is 16.7. The molecule has 0 aliphatic carbocycles. The fourth-order valence-corrected chi connectivity index (χ4v) is 1.18. The summed E-state index contributed by atoms with van der Waals surface area (Å²) < 4.78 is 5.35. The van der Waals surface area contributed by atoms with Crippen molar-refractivity contribution in [2.45, 2.75) is 6.92 Å². The fraction of sp³-hybridized carbons (Fsp3) is 0.364. The van der Waals surface area contributed by atoms with Crippen molar-refractivity contribution in [3.05, 3.63) is 29.8 Å². The molecule has 1 amide bonds. The van der Waals surface area contributed by atoms with Crippen molar-refractivity contribution in [2.24, 2.45) is 0 Å². The number of amides is 1. The Bertz CT molecular complexity index is 338. The fourth-order valence-electron chi connectivity index (χ4n) is 1.18. The summed E-state index contributed by atoms with van der Waals surface area (Å²) in [6, 6.07) is 7.09. The van der Waals surface area contributed by atoms with E-state index in [0.29, 0.717) is 17.9 Å². The molecule has 0 heterocycles. The molecule has 1 aromatic carbocycles. The van der Waals surface area contributed by atoms with E-state index in [-0.39, 0.29) is 5.91 Å². The maximum absolute atomic E-state index is 11.8.